The van der Waals surface area contributed by atoms with Gasteiger partial charge in [0.05, 0.1) is 0 Å². The molecular weight excluding hydrogens is 296 g/mol. The Morgan fingerprint density at radius 3 is 2.94 bits per heavy atom. The lowest BCUT2D eigenvalue weighted by Crippen LogP contribution is -2.20. The van der Waals surface area contributed by atoms with Crippen LogP contribution in [-0.4, -0.2) is 23.5 Å². The molecule has 2 heterocycles. The van der Waals surface area contributed by atoms with E-state index in [9.17, 15) is 0 Å². The molecule has 0 spiro atoms. The van der Waals surface area contributed by atoms with Gasteiger partial charge in [0.15, 0.2) is 0 Å². The fourth-order valence-corrected chi connectivity index (χ4v) is 3.16. The van der Waals surface area contributed by atoms with Gasteiger partial charge in [0.25, 0.3) is 0 Å². The Hall–Kier alpha value is -0.710. The zero-order chi connectivity index (χ0) is 12.1. The predicted octanol–water partition coefficient (Wildman–Crippen LogP) is 3.58. The quantitative estimate of drug-likeness (QED) is 0.839. The number of aromatic nitrogens is 1. The lowest BCUT2D eigenvalue weighted by Gasteiger charge is -2.14. The lowest BCUT2D eigenvalue weighted by molar-refractivity contribution is 0.333. The summed E-state index contributed by atoms with van der Waals surface area (Å²) < 4.78 is 1.18. The molecule has 0 fully saturated rings. The topological polar surface area (TPSA) is 16.1 Å². The van der Waals surface area contributed by atoms with Crippen LogP contribution in [0.25, 0.3) is 0 Å². The minimum absolute atomic E-state index is 1.00. The van der Waals surface area contributed by atoms with Crippen LogP contribution in [0, 0.1) is 0 Å². The summed E-state index contributed by atoms with van der Waals surface area (Å²) in [5.41, 5.74) is 1.16. The van der Waals surface area contributed by atoms with Gasteiger partial charge in [-0.2, -0.15) is 0 Å². The third kappa shape index (κ3) is 4.22. The van der Waals surface area contributed by atoms with Crippen molar-refractivity contribution in [3.05, 3.63) is 50.9 Å². The highest BCUT2D eigenvalue weighted by Gasteiger charge is 2.03. The van der Waals surface area contributed by atoms with Crippen LogP contribution >= 0.6 is 27.3 Å². The highest BCUT2D eigenvalue weighted by Crippen LogP contribution is 2.20. The first kappa shape index (κ1) is 12.7. The minimum atomic E-state index is 1.00. The molecule has 2 nitrogen and oxygen atoms in total. The second-order valence-corrected chi connectivity index (χ2v) is 5.95. The summed E-state index contributed by atoms with van der Waals surface area (Å²) in [6, 6.07) is 8.26. The summed E-state index contributed by atoms with van der Waals surface area (Å²) in [6.07, 6.45) is 2.86. The van der Waals surface area contributed by atoms with E-state index in [0.29, 0.717) is 0 Å². The SMILES string of the molecule is CN(CCc1ccccn1)Cc1cc(Br)cs1. The summed E-state index contributed by atoms with van der Waals surface area (Å²) in [4.78, 5) is 8.05. The molecule has 17 heavy (non-hydrogen) atoms. The monoisotopic (exact) mass is 310 g/mol. The maximum atomic E-state index is 4.33. The summed E-state index contributed by atoms with van der Waals surface area (Å²) in [6.45, 7) is 2.04. The maximum Gasteiger partial charge on any atom is 0.0416 e. The average molecular weight is 311 g/mol. The standard InChI is InChI=1S/C13H15BrN2S/c1-16(9-13-8-11(14)10-17-13)7-5-12-4-2-3-6-15-12/h2-4,6,8,10H,5,7,9H2,1H3. The molecule has 0 unspecified atom stereocenters. The largest absolute Gasteiger partial charge is 0.301 e. The van der Waals surface area contributed by atoms with Gasteiger partial charge in [-0.1, -0.05) is 6.07 Å². The minimum Gasteiger partial charge on any atom is -0.301 e. The van der Waals surface area contributed by atoms with E-state index < -0.39 is 0 Å². The van der Waals surface area contributed by atoms with Crippen molar-refractivity contribution in [1.82, 2.24) is 9.88 Å². The van der Waals surface area contributed by atoms with Gasteiger partial charge in [-0.05, 0) is 41.2 Å². The molecule has 0 aromatic carbocycles. The molecule has 2 aromatic rings. The Morgan fingerprint density at radius 1 is 1.41 bits per heavy atom. The Kier molecular flexibility index (Phi) is 4.71. The van der Waals surface area contributed by atoms with Crippen molar-refractivity contribution in [2.45, 2.75) is 13.0 Å². The molecule has 0 N–H and O–H groups in total. The average Bonchev–Trinajstić information content (AvgIpc) is 2.73. The van der Waals surface area contributed by atoms with Crippen molar-refractivity contribution >= 4 is 27.3 Å². The van der Waals surface area contributed by atoms with E-state index in [4.69, 9.17) is 0 Å². The molecule has 4 heteroatoms. The van der Waals surface area contributed by atoms with Gasteiger partial charge >= 0.3 is 0 Å². The van der Waals surface area contributed by atoms with Crippen LogP contribution < -0.4 is 0 Å². The fourth-order valence-electron chi connectivity index (χ4n) is 1.63. The van der Waals surface area contributed by atoms with Crippen LogP contribution in [0.4, 0.5) is 0 Å². The molecule has 90 valence electrons. The molecule has 0 saturated heterocycles. The molecule has 0 saturated carbocycles. The van der Waals surface area contributed by atoms with Gasteiger partial charge in [-0.3, -0.25) is 4.98 Å². The van der Waals surface area contributed by atoms with E-state index in [2.05, 4.69) is 50.4 Å². The van der Waals surface area contributed by atoms with E-state index in [-0.39, 0.29) is 0 Å². The van der Waals surface area contributed by atoms with Gasteiger partial charge in [-0.25, -0.2) is 0 Å². The zero-order valence-electron chi connectivity index (χ0n) is 9.77. The van der Waals surface area contributed by atoms with Gasteiger partial charge in [0.2, 0.25) is 0 Å². The molecule has 2 rings (SSSR count). The van der Waals surface area contributed by atoms with Gasteiger partial charge in [0.1, 0.15) is 0 Å². The highest BCUT2D eigenvalue weighted by atomic mass is 79.9. The van der Waals surface area contributed by atoms with Crippen LogP contribution in [0.5, 0.6) is 0 Å². The van der Waals surface area contributed by atoms with Crippen molar-refractivity contribution in [2.24, 2.45) is 0 Å². The Bertz CT molecular complexity index is 455. The summed E-state index contributed by atoms with van der Waals surface area (Å²) in [5.74, 6) is 0. The third-order valence-electron chi connectivity index (χ3n) is 2.52. The number of nitrogens with zero attached hydrogens (tertiary/aromatic N) is 2. The molecule has 0 aliphatic carbocycles. The first-order valence-corrected chi connectivity index (χ1v) is 7.22. The number of hydrogen-bond acceptors (Lipinski definition) is 3. The second-order valence-electron chi connectivity index (χ2n) is 4.04. The normalized spacial score (nSPS) is 11.0. The highest BCUT2D eigenvalue weighted by molar-refractivity contribution is 9.10. The van der Waals surface area contributed by atoms with Crippen LogP contribution in [-0.2, 0) is 13.0 Å². The first-order valence-electron chi connectivity index (χ1n) is 5.55. The first-order chi connectivity index (χ1) is 8.24. The van der Waals surface area contributed by atoms with Gasteiger partial charge in [0, 0.05) is 46.1 Å². The van der Waals surface area contributed by atoms with E-state index in [1.165, 1.54) is 9.35 Å². The molecular formula is C13H15BrN2S. The van der Waals surface area contributed by atoms with Gasteiger partial charge < -0.3 is 4.90 Å². The molecule has 0 atom stereocenters. The van der Waals surface area contributed by atoms with Gasteiger partial charge in [-0.15, -0.1) is 11.3 Å². The van der Waals surface area contributed by atoms with Crippen molar-refractivity contribution in [3.63, 3.8) is 0 Å². The van der Waals surface area contributed by atoms with Crippen LogP contribution in [0.2, 0.25) is 0 Å². The Morgan fingerprint density at radius 2 is 2.29 bits per heavy atom. The molecule has 0 aliphatic heterocycles. The zero-order valence-corrected chi connectivity index (χ0v) is 12.2. The Labute approximate surface area is 114 Å². The number of halogens is 1. The van der Waals surface area contributed by atoms with E-state index in [1.54, 1.807) is 11.3 Å². The van der Waals surface area contributed by atoms with Crippen molar-refractivity contribution < 1.29 is 0 Å². The molecule has 0 amide bonds. The third-order valence-corrected chi connectivity index (χ3v) is 4.21. The maximum absolute atomic E-state index is 4.33. The molecule has 0 aliphatic rings. The van der Waals surface area contributed by atoms with Crippen molar-refractivity contribution in [2.75, 3.05) is 13.6 Å². The number of pyridine rings is 1. The summed E-state index contributed by atoms with van der Waals surface area (Å²) in [5, 5.41) is 2.13. The van der Waals surface area contributed by atoms with E-state index >= 15 is 0 Å². The summed E-state index contributed by atoms with van der Waals surface area (Å²) >= 11 is 5.28. The van der Waals surface area contributed by atoms with Crippen LogP contribution in [0.3, 0.4) is 0 Å². The molecule has 0 bridgehead atoms. The van der Waals surface area contributed by atoms with E-state index in [0.717, 1.165) is 25.2 Å². The number of thiophene rings is 1. The Balaban J connectivity index is 1.80. The molecule has 0 radical (unpaired) electrons. The van der Waals surface area contributed by atoms with Crippen LogP contribution in [0.15, 0.2) is 40.3 Å². The number of likely N-dealkylation sites (N-methyl/N-ethyl adjacent to an activating group) is 1. The summed E-state index contributed by atoms with van der Waals surface area (Å²) in [7, 11) is 2.15. The predicted molar refractivity (Wildman–Crippen MR) is 76.3 cm³/mol. The van der Waals surface area contributed by atoms with Crippen molar-refractivity contribution in [1.29, 1.82) is 0 Å². The van der Waals surface area contributed by atoms with Crippen LogP contribution in [0.1, 0.15) is 10.6 Å². The fraction of sp³-hybridized carbons (Fsp3) is 0.308. The second kappa shape index (κ2) is 6.28. The molecule has 2 aromatic heterocycles. The van der Waals surface area contributed by atoms with Crippen molar-refractivity contribution in [3.8, 4) is 0 Å². The number of rotatable bonds is 5. The smallest absolute Gasteiger partial charge is 0.0416 e. The lowest BCUT2D eigenvalue weighted by atomic mass is 10.2. The van der Waals surface area contributed by atoms with E-state index in [1.807, 2.05) is 18.3 Å². The number of hydrogen-bond donors (Lipinski definition) is 0.